The Morgan fingerprint density at radius 1 is 1.22 bits per heavy atom. The molecule has 146 valence electrons. The van der Waals surface area contributed by atoms with Gasteiger partial charge in [0.2, 0.25) is 11.8 Å². The van der Waals surface area contributed by atoms with Crippen LogP contribution < -0.4 is 10.2 Å². The molecule has 0 aromatic heterocycles. The van der Waals surface area contributed by atoms with E-state index >= 15 is 0 Å². The van der Waals surface area contributed by atoms with Gasteiger partial charge in [-0.2, -0.15) is 0 Å². The number of anilines is 1. The number of nitrogens with zero attached hydrogens (tertiary/aromatic N) is 2. The zero-order valence-corrected chi connectivity index (χ0v) is 16.5. The van der Waals surface area contributed by atoms with Crippen LogP contribution in [0.5, 0.6) is 0 Å². The maximum Gasteiger partial charge on any atom is 0.326 e. The van der Waals surface area contributed by atoms with E-state index in [2.05, 4.69) is 5.32 Å². The van der Waals surface area contributed by atoms with Gasteiger partial charge in [0, 0.05) is 32.9 Å². The van der Waals surface area contributed by atoms with Gasteiger partial charge in [0.1, 0.15) is 5.54 Å². The van der Waals surface area contributed by atoms with Crippen LogP contribution in [0.15, 0.2) is 24.3 Å². The fourth-order valence-electron chi connectivity index (χ4n) is 4.51. The minimum Gasteiger partial charge on any atom is -0.468 e. The van der Waals surface area contributed by atoms with Gasteiger partial charge in [-0.25, -0.2) is 0 Å². The quantitative estimate of drug-likeness (QED) is 0.620. The normalized spacial score (nSPS) is 29.8. The van der Waals surface area contributed by atoms with E-state index in [1.807, 2.05) is 50.2 Å². The van der Waals surface area contributed by atoms with Crippen molar-refractivity contribution in [2.24, 2.45) is 11.8 Å². The van der Waals surface area contributed by atoms with Crippen molar-refractivity contribution in [3.8, 4) is 0 Å². The van der Waals surface area contributed by atoms with Crippen LogP contribution in [0.1, 0.15) is 31.4 Å². The highest BCUT2D eigenvalue weighted by atomic mass is 16.5. The predicted molar refractivity (Wildman–Crippen MR) is 101 cm³/mol. The number of esters is 1. The highest BCUT2D eigenvalue weighted by Gasteiger charge is 2.67. The lowest BCUT2D eigenvalue weighted by atomic mass is 9.77. The van der Waals surface area contributed by atoms with Crippen LogP contribution in [-0.4, -0.2) is 56.5 Å². The lowest BCUT2D eigenvalue weighted by Crippen LogP contribution is -2.56. The number of likely N-dealkylation sites (tertiary alicyclic amines) is 1. The maximum absolute atomic E-state index is 12.9. The molecule has 1 N–H and O–H groups in total. The molecule has 2 saturated heterocycles. The van der Waals surface area contributed by atoms with Crippen LogP contribution in [0.4, 0.5) is 5.69 Å². The molecule has 7 nitrogen and oxygen atoms in total. The summed E-state index contributed by atoms with van der Waals surface area (Å²) >= 11 is 0. The number of rotatable bonds is 5. The van der Waals surface area contributed by atoms with E-state index in [-0.39, 0.29) is 11.8 Å². The van der Waals surface area contributed by atoms with Gasteiger partial charge in [0.15, 0.2) is 0 Å². The molecule has 2 aliphatic rings. The molecule has 2 aliphatic heterocycles. The topological polar surface area (TPSA) is 79.0 Å². The van der Waals surface area contributed by atoms with Crippen LogP contribution in [-0.2, 0) is 19.1 Å². The number of hydrogen-bond donors (Lipinski definition) is 1. The van der Waals surface area contributed by atoms with E-state index in [0.29, 0.717) is 12.8 Å². The molecule has 0 saturated carbocycles. The highest BCUT2D eigenvalue weighted by Crippen LogP contribution is 2.50. The van der Waals surface area contributed by atoms with Crippen LogP contribution in [0.3, 0.4) is 0 Å². The summed E-state index contributed by atoms with van der Waals surface area (Å²) in [6, 6.07) is 7.40. The molecule has 7 heteroatoms. The summed E-state index contributed by atoms with van der Waals surface area (Å²) in [6.45, 7) is 1.95. The van der Waals surface area contributed by atoms with Crippen LogP contribution in [0, 0.1) is 11.8 Å². The number of nitrogens with one attached hydrogen (secondary N) is 1. The summed E-state index contributed by atoms with van der Waals surface area (Å²) in [5.41, 5.74) is 0.734. The molecule has 1 aromatic rings. The van der Waals surface area contributed by atoms with Crippen molar-refractivity contribution in [2.75, 3.05) is 33.2 Å². The van der Waals surface area contributed by atoms with Gasteiger partial charge < -0.3 is 9.64 Å². The first-order valence-electron chi connectivity index (χ1n) is 9.23. The van der Waals surface area contributed by atoms with E-state index in [1.54, 1.807) is 0 Å². The molecule has 2 fully saturated rings. The van der Waals surface area contributed by atoms with Crippen LogP contribution >= 0.6 is 0 Å². The largest absolute Gasteiger partial charge is 0.468 e. The monoisotopic (exact) mass is 373 g/mol. The zero-order chi connectivity index (χ0) is 19.9. The van der Waals surface area contributed by atoms with Gasteiger partial charge >= 0.3 is 5.97 Å². The van der Waals surface area contributed by atoms with E-state index in [0.717, 1.165) is 16.2 Å². The minimum absolute atomic E-state index is 0.249. The van der Waals surface area contributed by atoms with Crippen LogP contribution in [0.25, 0.3) is 0 Å². The van der Waals surface area contributed by atoms with Crippen molar-refractivity contribution in [3.63, 3.8) is 0 Å². The summed E-state index contributed by atoms with van der Waals surface area (Å²) in [5.74, 6) is -2.41. The van der Waals surface area contributed by atoms with Crippen molar-refractivity contribution in [2.45, 2.75) is 31.3 Å². The van der Waals surface area contributed by atoms with Gasteiger partial charge in [0.05, 0.1) is 18.9 Å². The lowest BCUT2D eigenvalue weighted by molar-refractivity contribution is -0.154. The smallest absolute Gasteiger partial charge is 0.326 e. The molecule has 0 bridgehead atoms. The summed E-state index contributed by atoms with van der Waals surface area (Å²) < 4.78 is 5.06. The first kappa shape index (κ1) is 19.4. The van der Waals surface area contributed by atoms with Crippen molar-refractivity contribution >= 4 is 23.5 Å². The molecule has 0 spiro atoms. The fourth-order valence-corrected chi connectivity index (χ4v) is 4.51. The number of ether oxygens (including phenoxy) is 1. The second-order valence-electron chi connectivity index (χ2n) is 7.56. The number of hydrogen-bond acceptors (Lipinski definition) is 6. The Bertz CT molecular complexity index is 761. The predicted octanol–water partition coefficient (Wildman–Crippen LogP) is 1.34. The van der Waals surface area contributed by atoms with Crippen molar-refractivity contribution in [1.82, 2.24) is 10.2 Å². The maximum atomic E-state index is 12.9. The highest BCUT2D eigenvalue weighted by molar-refractivity contribution is 6.09. The van der Waals surface area contributed by atoms with E-state index in [4.69, 9.17) is 4.74 Å². The van der Waals surface area contributed by atoms with E-state index in [9.17, 15) is 14.4 Å². The van der Waals surface area contributed by atoms with Gasteiger partial charge in [-0.15, -0.1) is 0 Å². The second kappa shape index (κ2) is 6.96. The summed E-state index contributed by atoms with van der Waals surface area (Å²) in [5, 5.41) is 3.35. The number of carbonyl (C=O) groups is 3. The number of methoxy groups -OCH3 is 1. The molecule has 1 aromatic carbocycles. The standard InChI is InChI=1S/C20H27N3O4/c1-6-11-20(19(26)27-5)15-14(17(24)23(4)18(15)25)16(21-20)12-7-9-13(10-8-12)22(2)3/h7-10,14-16,21H,6,11H2,1-5H3/t14-,15-,16-,20-/m0/s1. The van der Waals surface area contributed by atoms with Gasteiger partial charge in [-0.3, -0.25) is 24.6 Å². The SMILES string of the molecule is CCC[C@]1(C(=O)OC)N[C@@H](c2ccc(N(C)C)cc2)[C@H]2C(=O)N(C)C(=O)[C@H]21. The Morgan fingerprint density at radius 3 is 2.37 bits per heavy atom. The molecule has 0 aliphatic carbocycles. The molecule has 0 radical (unpaired) electrons. The molecule has 4 atom stereocenters. The van der Waals surface area contributed by atoms with Gasteiger partial charge in [-0.1, -0.05) is 25.5 Å². The summed E-state index contributed by atoms with van der Waals surface area (Å²) in [6.07, 6.45) is 1.11. The van der Waals surface area contributed by atoms with Crippen molar-refractivity contribution in [1.29, 1.82) is 0 Å². The minimum atomic E-state index is -1.18. The molecule has 27 heavy (non-hydrogen) atoms. The van der Waals surface area contributed by atoms with Crippen molar-refractivity contribution < 1.29 is 19.1 Å². The summed E-state index contributed by atoms with van der Waals surface area (Å²) in [4.78, 5) is 41.7. The number of benzene rings is 1. The van der Waals surface area contributed by atoms with E-state index in [1.165, 1.54) is 14.2 Å². The fraction of sp³-hybridized carbons (Fsp3) is 0.550. The lowest BCUT2D eigenvalue weighted by Gasteiger charge is -2.31. The molecule has 3 rings (SSSR count). The number of fused-ring (bicyclic) bond motifs is 1. The third-order valence-corrected chi connectivity index (χ3v) is 5.84. The Morgan fingerprint density at radius 2 is 1.85 bits per heavy atom. The molecular weight excluding hydrogens is 346 g/mol. The second-order valence-corrected chi connectivity index (χ2v) is 7.56. The number of amides is 2. The Labute approximate surface area is 159 Å². The Balaban J connectivity index is 2.09. The Hall–Kier alpha value is -2.41. The van der Waals surface area contributed by atoms with E-state index < -0.39 is 29.4 Å². The first-order valence-corrected chi connectivity index (χ1v) is 9.23. The third kappa shape index (κ3) is 2.81. The van der Waals surface area contributed by atoms with Crippen molar-refractivity contribution in [3.05, 3.63) is 29.8 Å². The van der Waals surface area contributed by atoms with Gasteiger partial charge in [-0.05, 0) is 24.1 Å². The zero-order valence-electron chi connectivity index (χ0n) is 16.5. The van der Waals surface area contributed by atoms with Crippen LogP contribution in [0.2, 0.25) is 0 Å². The summed E-state index contributed by atoms with van der Waals surface area (Å²) in [7, 11) is 6.72. The first-order chi connectivity index (χ1) is 12.8. The number of carbonyl (C=O) groups excluding carboxylic acids is 3. The third-order valence-electron chi connectivity index (χ3n) is 5.84. The molecule has 2 amide bonds. The average Bonchev–Trinajstić information content (AvgIpc) is 3.12. The molecular formula is C20H27N3O4. The molecule has 0 unspecified atom stereocenters. The van der Waals surface area contributed by atoms with Gasteiger partial charge in [0.25, 0.3) is 0 Å². The molecule has 2 heterocycles. The number of imide groups is 1. The average molecular weight is 373 g/mol. The Kier molecular flexibility index (Phi) is 4.99.